The molecule has 1 aliphatic heterocycles. The van der Waals surface area contributed by atoms with Gasteiger partial charge in [-0.3, -0.25) is 4.79 Å². The number of carbonyl (C=O) groups is 1. The van der Waals surface area contributed by atoms with Gasteiger partial charge in [0.15, 0.2) is 11.5 Å². The first-order valence-electron chi connectivity index (χ1n) is 11.8. The Kier molecular flexibility index (Phi) is 5.80. The van der Waals surface area contributed by atoms with Crippen LogP contribution in [-0.2, 0) is 13.1 Å². The van der Waals surface area contributed by atoms with E-state index in [1.54, 1.807) is 0 Å². The number of furan rings is 1. The van der Waals surface area contributed by atoms with Crippen LogP contribution in [0.1, 0.15) is 81.3 Å². The number of rotatable bonds is 6. The molecule has 2 fully saturated rings. The van der Waals surface area contributed by atoms with Crippen LogP contribution in [0.15, 0.2) is 40.8 Å². The van der Waals surface area contributed by atoms with Crippen molar-refractivity contribution in [2.75, 3.05) is 6.54 Å². The minimum Gasteiger partial charge on any atom is -0.450 e. The number of hydrogen-bond acceptors (Lipinski definition) is 2. The van der Waals surface area contributed by atoms with E-state index in [0.29, 0.717) is 23.3 Å². The van der Waals surface area contributed by atoms with Crippen LogP contribution in [0.5, 0.6) is 0 Å². The van der Waals surface area contributed by atoms with Crippen molar-refractivity contribution in [3.63, 3.8) is 0 Å². The number of amides is 1. The van der Waals surface area contributed by atoms with Gasteiger partial charge in [-0.1, -0.05) is 50.6 Å². The average molecular weight is 424 g/mol. The molecule has 4 nitrogen and oxygen atoms in total. The Morgan fingerprint density at radius 1 is 1.16 bits per heavy atom. The van der Waals surface area contributed by atoms with E-state index in [2.05, 4.69) is 70.7 Å². The molecule has 1 saturated heterocycles. The van der Waals surface area contributed by atoms with Gasteiger partial charge in [0, 0.05) is 18.2 Å². The molecule has 2 bridgehead atoms. The van der Waals surface area contributed by atoms with Gasteiger partial charge < -0.3 is 14.2 Å². The van der Waals surface area contributed by atoms with Crippen molar-refractivity contribution >= 4 is 5.91 Å². The lowest BCUT2D eigenvalue weighted by Crippen LogP contribution is -3.12. The lowest BCUT2D eigenvalue weighted by molar-refractivity contribution is -0.949. The van der Waals surface area contributed by atoms with Crippen LogP contribution in [0.2, 0.25) is 0 Å². The monoisotopic (exact) mass is 423 g/mol. The molecule has 0 spiro atoms. The zero-order chi connectivity index (χ0) is 22.4. The number of hydrogen-bond donors (Lipinski definition) is 1. The topological polar surface area (TPSA) is 37.9 Å². The minimum atomic E-state index is 0.0717. The quantitative estimate of drug-likeness (QED) is 0.736. The van der Waals surface area contributed by atoms with E-state index in [4.69, 9.17) is 4.42 Å². The summed E-state index contributed by atoms with van der Waals surface area (Å²) in [4.78, 5) is 16.9. The molecular formula is C27H39N2O2+. The van der Waals surface area contributed by atoms with Gasteiger partial charge in [-0.15, -0.1) is 0 Å². The van der Waals surface area contributed by atoms with Crippen molar-refractivity contribution in [1.29, 1.82) is 0 Å². The predicted octanol–water partition coefficient (Wildman–Crippen LogP) is 4.62. The Labute approximate surface area is 187 Å². The molecule has 1 aromatic carbocycles. The summed E-state index contributed by atoms with van der Waals surface area (Å²) >= 11 is 0. The molecule has 1 amide bonds. The van der Waals surface area contributed by atoms with Gasteiger partial charge >= 0.3 is 0 Å². The highest BCUT2D eigenvalue weighted by atomic mass is 16.4. The van der Waals surface area contributed by atoms with Crippen LogP contribution in [0.3, 0.4) is 0 Å². The number of carbonyl (C=O) groups excluding carboxylic acids is 1. The SMILES string of the molecule is Cc1cccc(C[NH+](Cc2ccc(C(=O)N3C[C@@]4(C)C[C@@H]3CC(C)(C)C4)o2)C(C)C)c1. The minimum absolute atomic E-state index is 0.0717. The molecule has 4 heteroatoms. The molecule has 168 valence electrons. The third-order valence-corrected chi connectivity index (χ3v) is 7.28. The van der Waals surface area contributed by atoms with Crippen molar-refractivity contribution in [2.45, 2.75) is 86.0 Å². The summed E-state index contributed by atoms with van der Waals surface area (Å²) in [6.45, 7) is 16.2. The standard InChI is InChI=1S/C27H38N2O2/c1-19(2)28(15-21-9-7-8-20(3)12-21)16-23-10-11-24(31-23)25(30)29-18-27(6)14-22(29)13-26(4,5)17-27/h7-12,19,22H,13-18H2,1-6H3/p+1/t22-,27-/m0/s1. The Balaban J connectivity index is 1.45. The molecule has 1 aromatic heterocycles. The summed E-state index contributed by atoms with van der Waals surface area (Å²) in [6, 6.07) is 13.4. The highest BCUT2D eigenvalue weighted by Gasteiger charge is 2.51. The van der Waals surface area contributed by atoms with Crippen LogP contribution in [0.25, 0.3) is 0 Å². The zero-order valence-corrected chi connectivity index (χ0v) is 20.1. The normalized spacial score (nSPS) is 25.8. The van der Waals surface area contributed by atoms with Gasteiger partial charge in [0.2, 0.25) is 0 Å². The van der Waals surface area contributed by atoms with Crippen molar-refractivity contribution in [3.8, 4) is 0 Å². The first-order chi connectivity index (χ1) is 14.5. The van der Waals surface area contributed by atoms with Crippen molar-refractivity contribution in [1.82, 2.24) is 4.90 Å². The Morgan fingerprint density at radius 3 is 2.65 bits per heavy atom. The summed E-state index contributed by atoms with van der Waals surface area (Å²) in [5.74, 6) is 1.47. The van der Waals surface area contributed by atoms with E-state index < -0.39 is 0 Å². The lowest BCUT2D eigenvalue weighted by Gasteiger charge is -2.39. The number of fused-ring (bicyclic) bond motifs is 2. The second-order valence-corrected chi connectivity index (χ2v) is 11.6. The third kappa shape index (κ3) is 4.90. The smallest absolute Gasteiger partial charge is 0.289 e. The number of likely N-dealkylation sites (tertiary alicyclic amines) is 1. The van der Waals surface area contributed by atoms with Gasteiger partial charge in [0.1, 0.15) is 13.1 Å². The van der Waals surface area contributed by atoms with Crippen LogP contribution in [0.4, 0.5) is 0 Å². The average Bonchev–Trinajstić information content (AvgIpc) is 3.21. The largest absolute Gasteiger partial charge is 0.450 e. The summed E-state index contributed by atoms with van der Waals surface area (Å²) in [5.41, 5.74) is 3.17. The maximum atomic E-state index is 13.3. The third-order valence-electron chi connectivity index (χ3n) is 7.28. The number of nitrogens with zero attached hydrogens (tertiary/aromatic N) is 1. The fourth-order valence-corrected chi connectivity index (χ4v) is 6.21. The summed E-state index contributed by atoms with van der Waals surface area (Å²) < 4.78 is 6.12. The lowest BCUT2D eigenvalue weighted by atomic mass is 9.65. The highest BCUT2D eigenvalue weighted by Crippen LogP contribution is 2.52. The van der Waals surface area contributed by atoms with Gasteiger partial charge in [-0.05, 0) is 63.0 Å². The van der Waals surface area contributed by atoms with E-state index in [9.17, 15) is 4.79 Å². The van der Waals surface area contributed by atoms with E-state index >= 15 is 0 Å². The van der Waals surface area contributed by atoms with Gasteiger partial charge in [0.05, 0.1) is 6.04 Å². The fraction of sp³-hybridized carbons (Fsp3) is 0.593. The van der Waals surface area contributed by atoms with Crippen LogP contribution in [-0.4, -0.2) is 29.4 Å². The highest BCUT2D eigenvalue weighted by molar-refractivity contribution is 5.92. The first kappa shape index (κ1) is 22.1. The van der Waals surface area contributed by atoms with E-state index in [1.165, 1.54) is 22.4 Å². The molecule has 1 saturated carbocycles. The number of nitrogens with one attached hydrogen (secondary N) is 1. The van der Waals surface area contributed by atoms with Gasteiger partial charge in [0.25, 0.3) is 5.91 Å². The predicted molar refractivity (Wildman–Crippen MR) is 124 cm³/mol. The Morgan fingerprint density at radius 2 is 1.94 bits per heavy atom. The van der Waals surface area contributed by atoms with Crippen LogP contribution in [0, 0.1) is 17.8 Å². The van der Waals surface area contributed by atoms with E-state index in [-0.39, 0.29) is 11.3 Å². The van der Waals surface area contributed by atoms with Crippen LogP contribution < -0.4 is 4.90 Å². The van der Waals surface area contributed by atoms with E-state index in [0.717, 1.165) is 38.2 Å². The summed E-state index contributed by atoms with van der Waals surface area (Å²) in [6.07, 6.45) is 3.40. The van der Waals surface area contributed by atoms with Crippen molar-refractivity contribution in [2.24, 2.45) is 10.8 Å². The molecule has 3 atom stereocenters. The summed E-state index contributed by atoms with van der Waals surface area (Å²) in [5, 5.41) is 0. The Hall–Kier alpha value is -2.07. The Bertz CT molecular complexity index is 944. The van der Waals surface area contributed by atoms with Crippen LogP contribution >= 0.6 is 0 Å². The van der Waals surface area contributed by atoms with Crippen molar-refractivity contribution < 1.29 is 14.1 Å². The first-order valence-corrected chi connectivity index (χ1v) is 11.8. The second kappa shape index (κ2) is 8.12. The van der Waals surface area contributed by atoms with Gasteiger partial charge in [-0.2, -0.15) is 0 Å². The second-order valence-electron chi connectivity index (χ2n) is 11.6. The molecule has 1 aliphatic carbocycles. The molecular weight excluding hydrogens is 384 g/mol. The zero-order valence-electron chi connectivity index (χ0n) is 20.1. The van der Waals surface area contributed by atoms with Crippen molar-refractivity contribution in [3.05, 3.63) is 59.0 Å². The molecule has 1 N–H and O–H groups in total. The van der Waals surface area contributed by atoms with Gasteiger partial charge in [-0.25, -0.2) is 0 Å². The number of aryl methyl sites for hydroxylation is 1. The molecule has 2 heterocycles. The number of benzene rings is 1. The molecule has 31 heavy (non-hydrogen) atoms. The maximum Gasteiger partial charge on any atom is 0.289 e. The molecule has 1 unspecified atom stereocenters. The van der Waals surface area contributed by atoms with E-state index in [1.807, 2.05) is 12.1 Å². The molecule has 2 aromatic rings. The molecule has 4 rings (SSSR count). The fourth-order valence-electron chi connectivity index (χ4n) is 6.21. The summed E-state index contributed by atoms with van der Waals surface area (Å²) in [7, 11) is 0. The molecule has 2 aliphatic rings. The number of quaternary nitrogens is 1. The molecule has 0 radical (unpaired) electrons. The maximum absolute atomic E-state index is 13.3.